The third-order valence-corrected chi connectivity index (χ3v) is 2.44. The van der Waals surface area contributed by atoms with Gasteiger partial charge in [-0.1, -0.05) is 0 Å². The molecule has 0 amide bonds. The Morgan fingerprint density at radius 1 is 1.53 bits per heavy atom. The van der Waals surface area contributed by atoms with Crippen LogP contribution in [0.4, 0.5) is 11.4 Å². The Labute approximate surface area is 115 Å². The quantitative estimate of drug-likeness (QED) is 0.425. The summed E-state index contributed by atoms with van der Waals surface area (Å²) >= 11 is 4.79. The van der Waals surface area contributed by atoms with Crippen LogP contribution in [-0.2, 0) is 4.74 Å². The van der Waals surface area contributed by atoms with Gasteiger partial charge in [0.25, 0.3) is 10.9 Å². The first-order valence-corrected chi connectivity index (χ1v) is 5.71. The lowest BCUT2D eigenvalue weighted by atomic mass is 10.3. The highest BCUT2D eigenvalue weighted by molar-refractivity contribution is 7.80. The van der Waals surface area contributed by atoms with E-state index in [4.69, 9.17) is 22.7 Å². The van der Waals surface area contributed by atoms with Crippen molar-refractivity contribution in [1.82, 2.24) is 5.32 Å². The number of nitro benzene ring substituents is 1. The second kappa shape index (κ2) is 7.17. The smallest absolute Gasteiger partial charge is 0.269 e. The van der Waals surface area contributed by atoms with Crippen molar-refractivity contribution in [3.8, 4) is 0 Å². The van der Waals surface area contributed by atoms with Gasteiger partial charge in [0.1, 0.15) is 0 Å². The van der Waals surface area contributed by atoms with Crippen molar-refractivity contribution in [3.05, 3.63) is 46.3 Å². The summed E-state index contributed by atoms with van der Waals surface area (Å²) in [6, 6.07) is 6.00. The zero-order valence-electron chi connectivity index (χ0n) is 10.3. The maximum atomic E-state index is 10.5. The Bertz CT molecular complexity index is 487. The largest absolute Gasteiger partial charge is 0.474 e. The van der Waals surface area contributed by atoms with Crippen molar-refractivity contribution in [2.24, 2.45) is 5.73 Å². The summed E-state index contributed by atoms with van der Waals surface area (Å²) in [4.78, 5) is 10.0. The predicted octanol–water partition coefficient (Wildman–Crippen LogP) is 1.33. The second-order valence-corrected chi connectivity index (χ2v) is 3.88. The van der Waals surface area contributed by atoms with Gasteiger partial charge in [0.05, 0.1) is 18.6 Å². The van der Waals surface area contributed by atoms with Gasteiger partial charge in [0.15, 0.2) is 0 Å². The molecular formula is C11H14N4O3S. The molecular weight excluding hydrogens is 268 g/mol. The van der Waals surface area contributed by atoms with E-state index in [-0.39, 0.29) is 10.9 Å². The molecule has 1 rings (SSSR count). The summed E-state index contributed by atoms with van der Waals surface area (Å²) in [6.07, 6.45) is 1.58. The molecule has 0 radical (unpaired) electrons. The molecule has 0 fully saturated rings. The van der Waals surface area contributed by atoms with E-state index in [0.717, 1.165) is 0 Å². The van der Waals surface area contributed by atoms with Crippen molar-refractivity contribution in [1.29, 1.82) is 0 Å². The Balaban J connectivity index is 2.50. The van der Waals surface area contributed by atoms with E-state index in [2.05, 4.69) is 10.6 Å². The molecule has 0 bridgehead atoms. The molecule has 1 aromatic carbocycles. The van der Waals surface area contributed by atoms with E-state index in [1.165, 1.54) is 19.2 Å². The number of anilines is 1. The molecule has 0 saturated heterocycles. The first-order chi connectivity index (χ1) is 9.02. The van der Waals surface area contributed by atoms with Gasteiger partial charge >= 0.3 is 0 Å². The molecule has 0 heterocycles. The van der Waals surface area contributed by atoms with Crippen LogP contribution in [0.2, 0.25) is 0 Å². The van der Waals surface area contributed by atoms with E-state index in [9.17, 15) is 10.1 Å². The Hall–Kier alpha value is -2.35. The molecule has 7 nitrogen and oxygen atoms in total. The average Bonchev–Trinajstić information content (AvgIpc) is 2.42. The minimum Gasteiger partial charge on any atom is -0.474 e. The molecule has 0 spiro atoms. The molecule has 1 aromatic rings. The first-order valence-electron chi connectivity index (χ1n) is 5.30. The van der Waals surface area contributed by atoms with E-state index in [1.807, 2.05) is 0 Å². The van der Waals surface area contributed by atoms with Gasteiger partial charge in [0, 0.05) is 29.7 Å². The number of thiocarbonyl (C=S) groups is 1. The van der Waals surface area contributed by atoms with Crippen molar-refractivity contribution in [2.45, 2.75) is 0 Å². The topological polar surface area (TPSA) is 102 Å². The van der Waals surface area contributed by atoms with E-state index in [0.29, 0.717) is 17.9 Å². The van der Waals surface area contributed by atoms with Crippen molar-refractivity contribution < 1.29 is 9.66 Å². The Kier molecular flexibility index (Phi) is 5.55. The number of hydrogen-bond acceptors (Lipinski definition) is 6. The van der Waals surface area contributed by atoms with Crippen molar-refractivity contribution in [3.63, 3.8) is 0 Å². The van der Waals surface area contributed by atoms with Crippen LogP contribution in [0.25, 0.3) is 0 Å². The molecule has 0 aliphatic heterocycles. The van der Waals surface area contributed by atoms with E-state index in [1.54, 1.807) is 18.3 Å². The summed E-state index contributed by atoms with van der Waals surface area (Å²) < 4.78 is 4.75. The molecule has 8 heteroatoms. The fourth-order valence-electron chi connectivity index (χ4n) is 1.15. The summed E-state index contributed by atoms with van der Waals surface area (Å²) in [5.74, 6) is 0. The normalized spacial score (nSPS) is 10.7. The molecule has 0 saturated carbocycles. The number of nitro groups is 1. The molecule has 0 atom stereocenters. The Morgan fingerprint density at radius 2 is 2.16 bits per heavy atom. The van der Waals surface area contributed by atoms with Crippen LogP contribution in [0.3, 0.4) is 0 Å². The molecule has 0 aromatic heterocycles. The maximum absolute atomic E-state index is 10.5. The lowest BCUT2D eigenvalue weighted by molar-refractivity contribution is -0.384. The zero-order valence-corrected chi connectivity index (χ0v) is 11.1. The molecule has 0 aliphatic rings. The zero-order chi connectivity index (χ0) is 14.3. The number of non-ortho nitro benzene ring substituents is 1. The second-order valence-electron chi connectivity index (χ2n) is 3.51. The Morgan fingerprint density at radius 3 is 2.68 bits per heavy atom. The highest BCUT2D eigenvalue weighted by Crippen LogP contribution is 2.15. The summed E-state index contributed by atoms with van der Waals surface area (Å²) in [6.45, 7) is 0.340. The number of hydrogen-bond donors (Lipinski definition) is 3. The van der Waals surface area contributed by atoms with Crippen LogP contribution in [0.5, 0.6) is 0 Å². The third kappa shape index (κ3) is 5.21. The lowest BCUT2D eigenvalue weighted by Gasteiger charge is -2.07. The number of benzene rings is 1. The maximum Gasteiger partial charge on any atom is 0.269 e. The van der Waals surface area contributed by atoms with E-state index >= 15 is 0 Å². The van der Waals surface area contributed by atoms with Crippen LogP contribution in [0, 0.1) is 10.1 Å². The van der Waals surface area contributed by atoms with Gasteiger partial charge < -0.3 is 21.1 Å². The monoisotopic (exact) mass is 282 g/mol. The van der Waals surface area contributed by atoms with Crippen LogP contribution < -0.4 is 16.4 Å². The van der Waals surface area contributed by atoms with Gasteiger partial charge in [-0.05, 0) is 24.4 Å². The van der Waals surface area contributed by atoms with Gasteiger partial charge in [0.2, 0.25) is 0 Å². The van der Waals surface area contributed by atoms with Gasteiger partial charge in [-0.25, -0.2) is 0 Å². The van der Waals surface area contributed by atoms with E-state index < -0.39 is 4.92 Å². The summed E-state index contributed by atoms with van der Waals surface area (Å²) in [5.41, 5.74) is 6.96. The fraction of sp³-hybridized carbons (Fsp3) is 0.182. The summed E-state index contributed by atoms with van der Waals surface area (Å²) in [7, 11) is 1.46. The number of ether oxygens (including phenoxy) is 1. The minimum atomic E-state index is -0.455. The predicted molar refractivity (Wildman–Crippen MR) is 76.6 cm³/mol. The molecule has 102 valence electrons. The van der Waals surface area contributed by atoms with Crippen LogP contribution in [0.15, 0.2) is 36.2 Å². The van der Waals surface area contributed by atoms with Crippen LogP contribution >= 0.6 is 12.2 Å². The number of nitrogens with one attached hydrogen (secondary N) is 2. The van der Waals surface area contributed by atoms with Crippen LogP contribution in [-0.4, -0.2) is 23.8 Å². The number of nitrogens with zero attached hydrogens (tertiary/aromatic N) is 1. The minimum absolute atomic E-state index is 0.0367. The van der Waals surface area contributed by atoms with Gasteiger partial charge in [-0.3, -0.25) is 10.1 Å². The fourth-order valence-corrected chi connectivity index (χ4v) is 1.23. The van der Waals surface area contributed by atoms with Gasteiger partial charge in [-0.2, -0.15) is 0 Å². The molecule has 0 aliphatic carbocycles. The third-order valence-electron chi connectivity index (χ3n) is 2.12. The van der Waals surface area contributed by atoms with Gasteiger partial charge in [-0.15, -0.1) is 0 Å². The highest BCUT2D eigenvalue weighted by atomic mass is 32.1. The standard InChI is InChI=1S/C11H14N4O3S/c1-18-11(19)14-7-8(12)6-13-9-2-4-10(5-3-9)15(16)17/h2-6,13H,7,12H2,1H3,(H,14,19)/b8-6-. The highest BCUT2D eigenvalue weighted by Gasteiger charge is 2.02. The molecule has 0 unspecified atom stereocenters. The number of nitrogens with two attached hydrogens (primary N) is 1. The SMILES string of the molecule is COC(=S)NC/C(N)=C/Nc1ccc([N+](=O)[O-])cc1. The van der Waals surface area contributed by atoms with Crippen molar-refractivity contribution >= 4 is 28.8 Å². The number of methoxy groups -OCH3 is 1. The van der Waals surface area contributed by atoms with Crippen molar-refractivity contribution in [2.75, 3.05) is 19.0 Å². The lowest BCUT2D eigenvalue weighted by Crippen LogP contribution is -2.27. The van der Waals surface area contributed by atoms with Crippen LogP contribution in [0.1, 0.15) is 0 Å². The summed E-state index contributed by atoms with van der Waals surface area (Å²) in [5, 5.41) is 16.4. The number of rotatable bonds is 5. The average molecular weight is 282 g/mol. The molecule has 19 heavy (non-hydrogen) atoms. The molecule has 4 N–H and O–H groups in total. The first kappa shape index (κ1) is 14.7.